The Balaban J connectivity index is 2.49. The van der Waals surface area contributed by atoms with E-state index in [0.717, 1.165) is 28.6 Å². The van der Waals surface area contributed by atoms with E-state index >= 15 is 0 Å². The van der Waals surface area contributed by atoms with Gasteiger partial charge in [0.05, 0.1) is 10.9 Å². The fourth-order valence-electron chi connectivity index (χ4n) is 2.01. The summed E-state index contributed by atoms with van der Waals surface area (Å²) in [6, 6.07) is 2.00. The van der Waals surface area contributed by atoms with Gasteiger partial charge in [0.2, 0.25) is 0 Å². The molecule has 0 amide bonds. The molecule has 0 N–H and O–H groups in total. The van der Waals surface area contributed by atoms with Gasteiger partial charge < -0.3 is 0 Å². The summed E-state index contributed by atoms with van der Waals surface area (Å²) < 4.78 is 1.60. The number of carbonyl (C=O) groups is 1. The summed E-state index contributed by atoms with van der Waals surface area (Å²) in [6.45, 7) is 3.94. The first-order valence-electron chi connectivity index (χ1n) is 5.26. The molecule has 0 aliphatic heterocycles. The van der Waals surface area contributed by atoms with Gasteiger partial charge in [-0.2, -0.15) is 0 Å². The SMILES string of the molecule is Cc1cc(C)c2c(n1)nn1cc(C=O)cnc21. The van der Waals surface area contributed by atoms with Crippen molar-refractivity contribution in [1.29, 1.82) is 0 Å². The number of rotatable bonds is 1. The molecule has 17 heavy (non-hydrogen) atoms. The van der Waals surface area contributed by atoms with E-state index in [1.54, 1.807) is 16.9 Å². The molecule has 0 fully saturated rings. The molecule has 0 unspecified atom stereocenters. The number of fused-ring (bicyclic) bond motifs is 3. The van der Waals surface area contributed by atoms with Gasteiger partial charge in [0.1, 0.15) is 0 Å². The number of hydrogen-bond donors (Lipinski definition) is 0. The summed E-state index contributed by atoms with van der Waals surface area (Å²) in [7, 11) is 0. The van der Waals surface area contributed by atoms with Crippen LogP contribution < -0.4 is 0 Å². The summed E-state index contributed by atoms with van der Waals surface area (Å²) in [5.41, 5.74) is 3.91. The summed E-state index contributed by atoms with van der Waals surface area (Å²) >= 11 is 0. The van der Waals surface area contributed by atoms with Crippen molar-refractivity contribution in [2.24, 2.45) is 0 Å². The zero-order chi connectivity index (χ0) is 12.0. The van der Waals surface area contributed by atoms with E-state index in [0.29, 0.717) is 11.2 Å². The third kappa shape index (κ3) is 1.39. The van der Waals surface area contributed by atoms with Crippen LogP contribution in [0.3, 0.4) is 0 Å². The lowest BCUT2D eigenvalue weighted by Crippen LogP contribution is -1.92. The molecular weight excluding hydrogens is 216 g/mol. The number of carbonyl (C=O) groups excluding carboxylic acids is 1. The molecule has 84 valence electrons. The minimum Gasteiger partial charge on any atom is -0.298 e. The highest BCUT2D eigenvalue weighted by Crippen LogP contribution is 2.21. The highest BCUT2D eigenvalue weighted by atomic mass is 16.1. The maximum Gasteiger partial charge on any atom is 0.184 e. The molecule has 0 radical (unpaired) electrons. The molecule has 0 aromatic carbocycles. The first-order chi connectivity index (χ1) is 8.19. The summed E-state index contributed by atoms with van der Waals surface area (Å²) in [6.07, 6.45) is 3.96. The van der Waals surface area contributed by atoms with Crippen LogP contribution >= 0.6 is 0 Å². The van der Waals surface area contributed by atoms with Gasteiger partial charge in [0, 0.05) is 18.1 Å². The largest absolute Gasteiger partial charge is 0.298 e. The fourth-order valence-corrected chi connectivity index (χ4v) is 2.01. The smallest absolute Gasteiger partial charge is 0.184 e. The monoisotopic (exact) mass is 226 g/mol. The van der Waals surface area contributed by atoms with Crippen LogP contribution in [0.2, 0.25) is 0 Å². The van der Waals surface area contributed by atoms with Gasteiger partial charge in [-0.05, 0) is 25.5 Å². The lowest BCUT2D eigenvalue weighted by molar-refractivity contribution is 0.112. The number of hydrogen-bond acceptors (Lipinski definition) is 4. The average molecular weight is 226 g/mol. The maximum absolute atomic E-state index is 10.7. The van der Waals surface area contributed by atoms with Crippen molar-refractivity contribution in [1.82, 2.24) is 19.6 Å². The second kappa shape index (κ2) is 3.35. The molecule has 0 saturated heterocycles. The Kier molecular flexibility index (Phi) is 1.95. The van der Waals surface area contributed by atoms with E-state index in [2.05, 4.69) is 15.1 Å². The number of pyridine rings is 1. The van der Waals surface area contributed by atoms with E-state index in [4.69, 9.17) is 0 Å². The highest BCUT2D eigenvalue weighted by molar-refractivity contribution is 5.93. The summed E-state index contributed by atoms with van der Waals surface area (Å²) in [4.78, 5) is 19.3. The zero-order valence-corrected chi connectivity index (χ0v) is 9.51. The molecule has 5 heteroatoms. The molecule has 3 rings (SSSR count). The van der Waals surface area contributed by atoms with Crippen LogP contribution in [0.15, 0.2) is 18.5 Å². The minimum absolute atomic E-state index is 0.500. The van der Waals surface area contributed by atoms with Gasteiger partial charge >= 0.3 is 0 Å². The minimum atomic E-state index is 0.500. The average Bonchev–Trinajstić information content (AvgIpc) is 2.65. The topological polar surface area (TPSA) is 60.2 Å². The molecule has 0 atom stereocenters. The van der Waals surface area contributed by atoms with Crippen LogP contribution in [0, 0.1) is 13.8 Å². The van der Waals surface area contributed by atoms with Crippen LogP contribution in [0.5, 0.6) is 0 Å². The van der Waals surface area contributed by atoms with Crippen LogP contribution in [-0.2, 0) is 0 Å². The lowest BCUT2D eigenvalue weighted by atomic mass is 10.2. The van der Waals surface area contributed by atoms with Gasteiger partial charge in [-0.3, -0.25) is 4.79 Å². The second-order valence-corrected chi connectivity index (χ2v) is 4.05. The fraction of sp³-hybridized carbons (Fsp3) is 0.167. The molecular formula is C12H10N4O. The molecule has 3 aromatic heterocycles. The molecule has 0 aliphatic carbocycles. The Labute approximate surface area is 97.1 Å². The zero-order valence-electron chi connectivity index (χ0n) is 9.51. The van der Waals surface area contributed by atoms with Crippen molar-refractivity contribution in [2.45, 2.75) is 13.8 Å². The predicted molar refractivity (Wildman–Crippen MR) is 63.1 cm³/mol. The number of aryl methyl sites for hydroxylation is 2. The summed E-state index contributed by atoms with van der Waals surface area (Å²) in [5, 5.41) is 5.27. The molecule has 0 saturated carbocycles. The first kappa shape index (κ1) is 9.89. The van der Waals surface area contributed by atoms with Crippen molar-refractivity contribution in [3.05, 3.63) is 35.3 Å². The Morgan fingerprint density at radius 2 is 2.18 bits per heavy atom. The predicted octanol–water partition coefficient (Wildman–Crippen LogP) is 1.71. The molecule has 5 nitrogen and oxygen atoms in total. The van der Waals surface area contributed by atoms with E-state index in [1.165, 1.54) is 0 Å². The first-order valence-corrected chi connectivity index (χ1v) is 5.26. The molecule has 0 spiro atoms. The third-order valence-corrected chi connectivity index (χ3v) is 2.71. The molecule has 0 bridgehead atoms. The van der Waals surface area contributed by atoms with E-state index < -0.39 is 0 Å². The summed E-state index contributed by atoms with van der Waals surface area (Å²) in [5.74, 6) is 0. The Morgan fingerprint density at radius 3 is 2.94 bits per heavy atom. The Bertz CT molecular complexity index is 745. The lowest BCUT2D eigenvalue weighted by Gasteiger charge is -1.97. The standard InChI is InChI=1S/C12H10N4O/c1-7-3-8(2)14-11-10(7)12-13-4-9(6-17)5-16(12)15-11/h3-6H,1-2H3. The second-order valence-electron chi connectivity index (χ2n) is 4.05. The van der Waals surface area contributed by atoms with Crippen LogP contribution in [0.1, 0.15) is 21.6 Å². The maximum atomic E-state index is 10.7. The van der Waals surface area contributed by atoms with Crippen molar-refractivity contribution in [3.8, 4) is 0 Å². The van der Waals surface area contributed by atoms with Crippen LogP contribution in [0.4, 0.5) is 0 Å². The van der Waals surface area contributed by atoms with Crippen molar-refractivity contribution in [2.75, 3.05) is 0 Å². The number of aldehydes is 1. The van der Waals surface area contributed by atoms with Crippen molar-refractivity contribution >= 4 is 23.0 Å². The van der Waals surface area contributed by atoms with Crippen molar-refractivity contribution in [3.63, 3.8) is 0 Å². The van der Waals surface area contributed by atoms with E-state index in [1.807, 2.05) is 19.9 Å². The van der Waals surface area contributed by atoms with Gasteiger partial charge in [0.25, 0.3) is 0 Å². The quantitative estimate of drug-likeness (QED) is 0.592. The normalized spacial score (nSPS) is 11.2. The van der Waals surface area contributed by atoms with E-state index in [-0.39, 0.29) is 0 Å². The number of aromatic nitrogens is 4. The van der Waals surface area contributed by atoms with Gasteiger partial charge in [-0.15, -0.1) is 5.10 Å². The van der Waals surface area contributed by atoms with Crippen LogP contribution in [-0.4, -0.2) is 25.9 Å². The van der Waals surface area contributed by atoms with Gasteiger partial charge in [0.15, 0.2) is 17.6 Å². The number of nitrogens with zero attached hydrogens (tertiary/aromatic N) is 4. The third-order valence-electron chi connectivity index (χ3n) is 2.71. The Hall–Kier alpha value is -2.30. The molecule has 0 aliphatic rings. The Morgan fingerprint density at radius 1 is 1.35 bits per heavy atom. The van der Waals surface area contributed by atoms with Crippen molar-refractivity contribution < 1.29 is 4.79 Å². The van der Waals surface area contributed by atoms with E-state index in [9.17, 15) is 4.79 Å². The van der Waals surface area contributed by atoms with Crippen LogP contribution in [0.25, 0.3) is 16.7 Å². The molecule has 3 heterocycles. The van der Waals surface area contributed by atoms with Gasteiger partial charge in [-0.1, -0.05) is 0 Å². The molecule has 3 aromatic rings. The van der Waals surface area contributed by atoms with Gasteiger partial charge in [-0.25, -0.2) is 14.5 Å². The highest BCUT2D eigenvalue weighted by Gasteiger charge is 2.10.